The maximum Gasteiger partial charge on any atom is 0.325 e. The van der Waals surface area contributed by atoms with Crippen molar-refractivity contribution >= 4 is 17.8 Å². The van der Waals surface area contributed by atoms with Crippen LogP contribution < -0.4 is 10.6 Å². The summed E-state index contributed by atoms with van der Waals surface area (Å²) in [6.07, 6.45) is 0.0620. The van der Waals surface area contributed by atoms with Crippen LogP contribution in [0.4, 0.5) is 0 Å². The predicted molar refractivity (Wildman–Crippen MR) is 57.8 cm³/mol. The standard InChI is InChI=1S/C10H18N2O4/c1-6(2)11-8(13)4-5-9(14)12-7(3)10(15)16/h6-7H,4-5H2,1-3H3,(H,11,13)(H,12,14)(H,15,16). The fourth-order valence-electron chi connectivity index (χ4n) is 0.997. The van der Waals surface area contributed by atoms with Crippen LogP contribution in [0, 0.1) is 0 Å². The summed E-state index contributed by atoms with van der Waals surface area (Å²) < 4.78 is 0. The second-order valence-electron chi connectivity index (χ2n) is 3.85. The minimum atomic E-state index is -1.10. The number of carboxylic acid groups (broad SMARTS) is 1. The molecule has 0 aromatic heterocycles. The van der Waals surface area contributed by atoms with Gasteiger partial charge in [-0.1, -0.05) is 0 Å². The van der Waals surface area contributed by atoms with Crippen LogP contribution in [-0.2, 0) is 14.4 Å². The van der Waals surface area contributed by atoms with E-state index in [1.165, 1.54) is 6.92 Å². The van der Waals surface area contributed by atoms with Crippen LogP contribution in [0.5, 0.6) is 0 Å². The molecule has 0 bridgehead atoms. The molecule has 0 heterocycles. The van der Waals surface area contributed by atoms with Crippen LogP contribution in [0.1, 0.15) is 33.6 Å². The Balaban J connectivity index is 3.81. The van der Waals surface area contributed by atoms with Crippen LogP contribution in [-0.4, -0.2) is 35.0 Å². The molecule has 3 N–H and O–H groups in total. The molecule has 0 aromatic carbocycles. The number of hydrogen-bond donors (Lipinski definition) is 3. The molecule has 0 saturated heterocycles. The summed E-state index contributed by atoms with van der Waals surface area (Å²) in [5.41, 5.74) is 0. The zero-order chi connectivity index (χ0) is 12.7. The first-order valence-electron chi connectivity index (χ1n) is 5.14. The van der Waals surface area contributed by atoms with E-state index in [-0.39, 0.29) is 24.8 Å². The van der Waals surface area contributed by atoms with Crippen LogP contribution in [0.15, 0.2) is 0 Å². The lowest BCUT2D eigenvalue weighted by atomic mass is 10.2. The Kier molecular flexibility index (Phi) is 6.14. The smallest absolute Gasteiger partial charge is 0.325 e. The first kappa shape index (κ1) is 14.4. The summed E-state index contributed by atoms with van der Waals surface area (Å²) in [5.74, 6) is -1.75. The highest BCUT2D eigenvalue weighted by Crippen LogP contribution is 1.92. The molecule has 6 nitrogen and oxygen atoms in total. The van der Waals surface area contributed by atoms with Gasteiger partial charge in [0.15, 0.2) is 0 Å². The highest BCUT2D eigenvalue weighted by Gasteiger charge is 2.14. The summed E-state index contributed by atoms with van der Waals surface area (Å²) in [7, 11) is 0. The molecule has 0 saturated carbocycles. The van der Waals surface area contributed by atoms with E-state index in [2.05, 4.69) is 10.6 Å². The van der Waals surface area contributed by atoms with Gasteiger partial charge in [0, 0.05) is 18.9 Å². The summed E-state index contributed by atoms with van der Waals surface area (Å²) in [4.78, 5) is 32.8. The van der Waals surface area contributed by atoms with E-state index < -0.39 is 17.9 Å². The molecule has 92 valence electrons. The largest absolute Gasteiger partial charge is 0.480 e. The van der Waals surface area contributed by atoms with E-state index >= 15 is 0 Å². The van der Waals surface area contributed by atoms with Gasteiger partial charge in [0.2, 0.25) is 11.8 Å². The quantitative estimate of drug-likeness (QED) is 0.592. The summed E-state index contributed by atoms with van der Waals surface area (Å²) in [6, 6.07) is -0.894. The molecular formula is C10H18N2O4. The van der Waals surface area contributed by atoms with Crippen molar-refractivity contribution in [2.24, 2.45) is 0 Å². The Morgan fingerprint density at radius 1 is 1.00 bits per heavy atom. The molecule has 0 rings (SSSR count). The van der Waals surface area contributed by atoms with E-state index in [0.29, 0.717) is 0 Å². The number of aliphatic carboxylic acids is 1. The highest BCUT2D eigenvalue weighted by molar-refractivity contribution is 5.86. The molecule has 6 heteroatoms. The third-order valence-corrected chi connectivity index (χ3v) is 1.78. The molecule has 0 aliphatic rings. The Morgan fingerprint density at radius 2 is 1.44 bits per heavy atom. The maximum absolute atomic E-state index is 11.2. The second kappa shape index (κ2) is 6.81. The molecule has 0 aliphatic heterocycles. The van der Waals surface area contributed by atoms with E-state index in [4.69, 9.17) is 5.11 Å². The number of rotatable bonds is 6. The van der Waals surface area contributed by atoms with Gasteiger partial charge in [0.05, 0.1) is 0 Å². The molecule has 0 spiro atoms. The van der Waals surface area contributed by atoms with Crippen LogP contribution in [0.3, 0.4) is 0 Å². The molecular weight excluding hydrogens is 212 g/mol. The van der Waals surface area contributed by atoms with E-state index in [1.54, 1.807) is 0 Å². The van der Waals surface area contributed by atoms with Gasteiger partial charge in [-0.2, -0.15) is 0 Å². The topological polar surface area (TPSA) is 95.5 Å². The minimum absolute atomic E-state index is 0.00380. The van der Waals surface area contributed by atoms with Gasteiger partial charge in [0.25, 0.3) is 0 Å². The maximum atomic E-state index is 11.2. The van der Waals surface area contributed by atoms with Crippen LogP contribution in [0.2, 0.25) is 0 Å². The van der Waals surface area contributed by atoms with Crippen molar-refractivity contribution in [2.75, 3.05) is 0 Å². The van der Waals surface area contributed by atoms with Crippen molar-refractivity contribution in [2.45, 2.75) is 45.7 Å². The fraction of sp³-hybridized carbons (Fsp3) is 0.700. The highest BCUT2D eigenvalue weighted by atomic mass is 16.4. The Labute approximate surface area is 94.4 Å². The lowest BCUT2D eigenvalue weighted by molar-refractivity contribution is -0.141. The number of hydrogen-bond acceptors (Lipinski definition) is 3. The molecule has 0 aliphatic carbocycles. The Hall–Kier alpha value is -1.59. The fourth-order valence-corrected chi connectivity index (χ4v) is 0.997. The third kappa shape index (κ3) is 6.80. The van der Waals surface area contributed by atoms with Crippen molar-refractivity contribution in [1.29, 1.82) is 0 Å². The van der Waals surface area contributed by atoms with Gasteiger partial charge in [-0.25, -0.2) is 0 Å². The zero-order valence-electron chi connectivity index (χ0n) is 9.74. The zero-order valence-corrected chi connectivity index (χ0v) is 9.74. The predicted octanol–water partition coefficient (Wildman–Crippen LogP) is -0.119. The number of nitrogens with one attached hydrogen (secondary N) is 2. The van der Waals surface area contributed by atoms with Crippen molar-refractivity contribution in [3.8, 4) is 0 Å². The number of amides is 2. The molecule has 0 radical (unpaired) electrons. The summed E-state index contributed by atoms with van der Waals surface area (Å²) in [6.45, 7) is 5.02. The normalized spacial score (nSPS) is 12.0. The van der Waals surface area contributed by atoms with E-state index in [9.17, 15) is 14.4 Å². The number of carbonyl (C=O) groups excluding carboxylic acids is 2. The second-order valence-corrected chi connectivity index (χ2v) is 3.85. The molecule has 0 fully saturated rings. The Bertz CT molecular complexity index is 276. The van der Waals surface area contributed by atoms with Gasteiger partial charge in [-0.3, -0.25) is 14.4 Å². The minimum Gasteiger partial charge on any atom is -0.480 e. The average Bonchev–Trinajstić information content (AvgIpc) is 2.13. The average molecular weight is 230 g/mol. The van der Waals surface area contributed by atoms with E-state index in [0.717, 1.165) is 0 Å². The number of carboxylic acids is 1. The van der Waals surface area contributed by atoms with Crippen molar-refractivity contribution < 1.29 is 19.5 Å². The molecule has 16 heavy (non-hydrogen) atoms. The molecule has 1 unspecified atom stereocenters. The third-order valence-electron chi connectivity index (χ3n) is 1.78. The van der Waals surface area contributed by atoms with Gasteiger partial charge < -0.3 is 15.7 Å². The summed E-state index contributed by atoms with van der Waals surface area (Å²) >= 11 is 0. The first-order valence-corrected chi connectivity index (χ1v) is 5.14. The molecule has 1 atom stereocenters. The number of carbonyl (C=O) groups is 3. The van der Waals surface area contributed by atoms with Gasteiger partial charge in [-0.15, -0.1) is 0 Å². The van der Waals surface area contributed by atoms with Crippen molar-refractivity contribution in [1.82, 2.24) is 10.6 Å². The van der Waals surface area contributed by atoms with Crippen LogP contribution in [0.25, 0.3) is 0 Å². The summed E-state index contributed by atoms with van der Waals surface area (Å²) in [5, 5.41) is 13.4. The van der Waals surface area contributed by atoms with E-state index in [1.807, 2.05) is 13.8 Å². The van der Waals surface area contributed by atoms with Gasteiger partial charge >= 0.3 is 5.97 Å². The SMILES string of the molecule is CC(C)NC(=O)CCC(=O)NC(C)C(=O)O. The van der Waals surface area contributed by atoms with Crippen molar-refractivity contribution in [3.05, 3.63) is 0 Å². The lowest BCUT2D eigenvalue weighted by Gasteiger charge is -2.10. The van der Waals surface area contributed by atoms with Gasteiger partial charge in [-0.05, 0) is 20.8 Å². The first-order chi connectivity index (χ1) is 7.32. The lowest BCUT2D eigenvalue weighted by Crippen LogP contribution is -2.39. The Morgan fingerprint density at radius 3 is 1.81 bits per heavy atom. The van der Waals surface area contributed by atoms with Crippen molar-refractivity contribution in [3.63, 3.8) is 0 Å². The van der Waals surface area contributed by atoms with Crippen LogP contribution >= 0.6 is 0 Å². The van der Waals surface area contributed by atoms with Gasteiger partial charge in [0.1, 0.15) is 6.04 Å². The molecule has 2 amide bonds. The monoisotopic (exact) mass is 230 g/mol. The molecule has 0 aromatic rings.